The molecule has 2 rings (SSSR count). The largest absolute Gasteiger partial charge is 0.328 e. The molecule has 1 fully saturated rings. The first kappa shape index (κ1) is 20.1. The zero-order valence-corrected chi connectivity index (χ0v) is 14.9. The summed E-state index contributed by atoms with van der Waals surface area (Å²) in [5, 5.41) is 11.0. The third-order valence-electron chi connectivity index (χ3n) is 3.90. The van der Waals surface area contributed by atoms with Crippen molar-refractivity contribution in [3.63, 3.8) is 0 Å². The molecular formula is C13H19Cl2N3O4S. The SMILES string of the molecule is CC(N)C1CCCN(S(=O)(=O)c2c(Cl)cccc2[N+](=O)[O-])C1.Cl. The highest BCUT2D eigenvalue weighted by Crippen LogP contribution is 2.35. The Bertz CT molecular complexity index is 682. The van der Waals surface area contributed by atoms with Crippen molar-refractivity contribution in [1.29, 1.82) is 0 Å². The molecule has 2 unspecified atom stereocenters. The Morgan fingerprint density at radius 3 is 2.70 bits per heavy atom. The molecule has 0 aromatic heterocycles. The van der Waals surface area contributed by atoms with Crippen molar-refractivity contribution in [2.24, 2.45) is 11.7 Å². The van der Waals surface area contributed by atoms with Crippen LogP contribution < -0.4 is 5.73 Å². The van der Waals surface area contributed by atoms with Gasteiger partial charge in [-0.25, -0.2) is 8.42 Å². The number of halogens is 2. The number of hydrogen-bond donors (Lipinski definition) is 1. The molecule has 1 aromatic rings. The molecule has 0 spiro atoms. The van der Waals surface area contributed by atoms with Gasteiger partial charge in [0.25, 0.3) is 15.7 Å². The smallest absolute Gasteiger partial charge is 0.290 e. The molecule has 7 nitrogen and oxygen atoms in total. The summed E-state index contributed by atoms with van der Waals surface area (Å²) in [4.78, 5) is 9.95. The topological polar surface area (TPSA) is 107 Å². The number of nitro benzene ring substituents is 1. The van der Waals surface area contributed by atoms with Crippen LogP contribution in [0.15, 0.2) is 23.1 Å². The first-order valence-corrected chi connectivity index (χ1v) is 8.75. The lowest BCUT2D eigenvalue weighted by Gasteiger charge is -2.33. The van der Waals surface area contributed by atoms with E-state index >= 15 is 0 Å². The first-order valence-electron chi connectivity index (χ1n) is 6.93. The van der Waals surface area contributed by atoms with Crippen molar-refractivity contribution < 1.29 is 13.3 Å². The van der Waals surface area contributed by atoms with Crippen LogP contribution in [0.3, 0.4) is 0 Å². The van der Waals surface area contributed by atoms with E-state index in [1.54, 1.807) is 0 Å². The van der Waals surface area contributed by atoms with Gasteiger partial charge in [-0.15, -0.1) is 12.4 Å². The average Bonchev–Trinajstić information content (AvgIpc) is 2.46. The Morgan fingerprint density at radius 2 is 2.13 bits per heavy atom. The molecule has 23 heavy (non-hydrogen) atoms. The van der Waals surface area contributed by atoms with E-state index in [2.05, 4.69) is 0 Å². The Balaban J connectivity index is 0.00000264. The van der Waals surface area contributed by atoms with E-state index in [4.69, 9.17) is 17.3 Å². The summed E-state index contributed by atoms with van der Waals surface area (Å²) < 4.78 is 26.8. The van der Waals surface area contributed by atoms with Crippen LogP contribution in [0.4, 0.5) is 5.69 Å². The molecule has 1 heterocycles. The maximum absolute atomic E-state index is 12.8. The van der Waals surface area contributed by atoms with Crippen LogP contribution in [0.2, 0.25) is 5.02 Å². The van der Waals surface area contributed by atoms with Gasteiger partial charge in [0.2, 0.25) is 0 Å². The average molecular weight is 384 g/mol. The molecule has 0 bridgehead atoms. The van der Waals surface area contributed by atoms with E-state index in [1.165, 1.54) is 16.4 Å². The number of rotatable bonds is 4. The van der Waals surface area contributed by atoms with E-state index in [9.17, 15) is 18.5 Å². The van der Waals surface area contributed by atoms with Crippen molar-refractivity contribution >= 4 is 39.7 Å². The van der Waals surface area contributed by atoms with E-state index in [0.29, 0.717) is 13.0 Å². The van der Waals surface area contributed by atoms with Gasteiger partial charge < -0.3 is 5.73 Å². The molecule has 1 aliphatic rings. The van der Waals surface area contributed by atoms with Gasteiger partial charge in [-0.2, -0.15) is 4.31 Å². The molecule has 0 amide bonds. The van der Waals surface area contributed by atoms with Crippen molar-refractivity contribution in [3.05, 3.63) is 33.3 Å². The second-order valence-electron chi connectivity index (χ2n) is 5.47. The molecule has 0 saturated carbocycles. The predicted octanol–water partition coefficient (Wildman–Crippen LogP) is 2.42. The van der Waals surface area contributed by atoms with Gasteiger partial charge in [0.15, 0.2) is 4.90 Å². The Labute approximate surface area is 146 Å². The highest BCUT2D eigenvalue weighted by molar-refractivity contribution is 7.89. The molecule has 10 heteroatoms. The number of nitro groups is 1. The van der Waals surface area contributed by atoms with Crippen molar-refractivity contribution in [3.8, 4) is 0 Å². The number of piperidine rings is 1. The molecule has 1 aliphatic heterocycles. The second-order valence-corrected chi connectivity index (χ2v) is 7.75. The first-order chi connectivity index (χ1) is 10.2. The van der Waals surface area contributed by atoms with Gasteiger partial charge >= 0.3 is 0 Å². The predicted molar refractivity (Wildman–Crippen MR) is 90.5 cm³/mol. The van der Waals surface area contributed by atoms with Crippen molar-refractivity contribution in [2.75, 3.05) is 13.1 Å². The summed E-state index contributed by atoms with van der Waals surface area (Å²) in [6.45, 7) is 2.40. The van der Waals surface area contributed by atoms with Gasteiger partial charge in [-0.3, -0.25) is 10.1 Å². The minimum atomic E-state index is -4.03. The highest BCUT2D eigenvalue weighted by Gasteiger charge is 2.37. The van der Waals surface area contributed by atoms with Crippen LogP contribution in [0, 0.1) is 16.0 Å². The van der Waals surface area contributed by atoms with Crippen LogP contribution in [-0.2, 0) is 10.0 Å². The molecule has 1 saturated heterocycles. The van der Waals surface area contributed by atoms with E-state index < -0.39 is 25.5 Å². The molecule has 2 atom stereocenters. The van der Waals surface area contributed by atoms with Crippen LogP contribution >= 0.6 is 24.0 Å². The highest BCUT2D eigenvalue weighted by atomic mass is 35.5. The van der Waals surface area contributed by atoms with Crippen LogP contribution in [-0.4, -0.2) is 36.8 Å². The van der Waals surface area contributed by atoms with Gasteiger partial charge in [0, 0.05) is 25.2 Å². The Hall–Kier alpha value is -0.930. The lowest BCUT2D eigenvalue weighted by Crippen LogP contribution is -2.45. The molecule has 0 radical (unpaired) electrons. The van der Waals surface area contributed by atoms with Crippen molar-refractivity contribution in [2.45, 2.75) is 30.7 Å². The van der Waals surface area contributed by atoms with Crippen LogP contribution in [0.1, 0.15) is 19.8 Å². The quantitative estimate of drug-likeness (QED) is 0.634. The number of hydrogen-bond acceptors (Lipinski definition) is 5. The summed E-state index contributed by atoms with van der Waals surface area (Å²) in [5.74, 6) is 0.0325. The fraction of sp³-hybridized carbons (Fsp3) is 0.538. The minimum absolute atomic E-state index is 0. The van der Waals surface area contributed by atoms with Gasteiger partial charge in [0.05, 0.1) is 9.95 Å². The van der Waals surface area contributed by atoms with Crippen LogP contribution in [0.5, 0.6) is 0 Å². The fourth-order valence-corrected chi connectivity index (χ4v) is 4.85. The number of benzene rings is 1. The lowest BCUT2D eigenvalue weighted by molar-refractivity contribution is -0.387. The zero-order chi connectivity index (χ0) is 16.5. The second kappa shape index (κ2) is 7.76. The molecule has 2 N–H and O–H groups in total. The van der Waals surface area contributed by atoms with E-state index in [1.807, 2.05) is 6.92 Å². The molecule has 1 aromatic carbocycles. The maximum Gasteiger partial charge on any atom is 0.290 e. The maximum atomic E-state index is 12.8. The van der Waals surface area contributed by atoms with Gasteiger partial charge in [0.1, 0.15) is 0 Å². The van der Waals surface area contributed by atoms with Crippen molar-refractivity contribution in [1.82, 2.24) is 4.31 Å². The number of nitrogens with two attached hydrogens (primary N) is 1. The monoisotopic (exact) mass is 383 g/mol. The molecular weight excluding hydrogens is 365 g/mol. The zero-order valence-electron chi connectivity index (χ0n) is 12.5. The summed E-state index contributed by atoms with van der Waals surface area (Å²) >= 11 is 5.94. The lowest BCUT2D eigenvalue weighted by atomic mass is 9.93. The molecule has 130 valence electrons. The Morgan fingerprint density at radius 1 is 1.48 bits per heavy atom. The minimum Gasteiger partial charge on any atom is -0.328 e. The summed E-state index contributed by atoms with van der Waals surface area (Å²) in [6.07, 6.45) is 1.51. The van der Waals surface area contributed by atoms with Gasteiger partial charge in [-0.1, -0.05) is 17.7 Å². The third kappa shape index (κ3) is 4.13. The summed E-state index contributed by atoms with van der Waals surface area (Å²) in [5.41, 5.74) is 5.36. The Kier molecular flexibility index (Phi) is 6.79. The number of sulfonamides is 1. The number of nitrogens with zero attached hydrogens (tertiary/aromatic N) is 2. The summed E-state index contributed by atoms with van der Waals surface area (Å²) in [6, 6.07) is 3.71. The third-order valence-corrected chi connectivity index (χ3v) is 6.29. The fourth-order valence-electron chi connectivity index (χ4n) is 2.65. The van der Waals surface area contributed by atoms with Crippen LogP contribution in [0.25, 0.3) is 0 Å². The van der Waals surface area contributed by atoms with Gasteiger partial charge in [-0.05, 0) is 31.7 Å². The normalized spacial score (nSPS) is 20.6. The molecule has 0 aliphatic carbocycles. The van der Waals surface area contributed by atoms with E-state index in [0.717, 1.165) is 12.5 Å². The van der Waals surface area contributed by atoms with E-state index in [-0.39, 0.29) is 35.9 Å². The summed E-state index contributed by atoms with van der Waals surface area (Å²) in [7, 11) is -4.03. The standard InChI is InChI=1S/C13H18ClN3O4S.ClH/c1-9(15)10-4-3-7-16(8-10)22(20,21)13-11(14)5-2-6-12(13)17(18)19;/h2,5-6,9-10H,3-4,7-8,15H2,1H3;1H.